The van der Waals surface area contributed by atoms with E-state index in [-0.39, 0.29) is 6.10 Å². The lowest BCUT2D eigenvalue weighted by Gasteiger charge is -2.22. The summed E-state index contributed by atoms with van der Waals surface area (Å²) in [7, 11) is 1.67. The predicted octanol–water partition coefficient (Wildman–Crippen LogP) is 4.78. The monoisotopic (exact) mass is 378 g/mol. The number of ether oxygens (including phenoxy) is 2. The summed E-state index contributed by atoms with van der Waals surface area (Å²) < 4.78 is 11.7. The van der Waals surface area contributed by atoms with Gasteiger partial charge < -0.3 is 14.4 Å². The van der Waals surface area contributed by atoms with Crippen LogP contribution in [0.1, 0.15) is 42.4 Å². The zero-order valence-corrected chi connectivity index (χ0v) is 16.2. The van der Waals surface area contributed by atoms with Crippen molar-refractivity contribution < 1.29 is 9.47 Å². The molecule has 0 amide bonds. The number of nitriles is 1. The van der Waals surface area contributed by atoms with Gasteiger partial charge in [-0.05, 0) is 55.0 Å². The molecule has 2 aromatic carbocycles. The second kappa shape index (κ2) is 7.58. The van der Waals surface area contributed by atoms with Gasteiger partial charge in [-0.15, -0.1) is 0 Å². The first kappa shape index (κ1) is 17.8. The number of hydrogen-bond donors (Lipinski definition) is 0. The Balaban J connectivity index is 1.61. The van der Waals surface area contributed by atoms with Gasteiger partial charge in [0.1, 0.15) is 4.99 Å². The minimum atomic E-state index is 0.269. The van der Waals surface area contributed by atoms with Crippen LogP contribution in [0.4, 0.5) is 5.69 Å². The molecule has 2 aliphatic rings. The molecule has 1 heterocycles. The van der Waals surface area contributed by atoms with E-state index in [4.69, 9.17) is 27.0 Å². The zero-order valence-electron chi connectivity index (χ0n) is 15.4. The number of anilines is 1. The van der Waals surface area contributed by atoms with Crippen molar-refractivity contribution in [2.45, 2.75) is 44.8 Å². The molecule has 0 spiro atoms. The van der Waals surface area contributed by atoms with E-state index in [0.29, 0.717) is 6.42 Å². The standard InChI is InChI=1S/C22H22N2O2S/c1-25-20-9-8-17(13-21(20)26-18-4-2-3-5-18)24-14-16-7-6-15(10-11-23)12-19(16)22(24)27/h6-9,12-13,18H,2-5,10,14H2,1H3. The fraction of sp³-hybridized carbons (Fsp3) is 0.364. The third kappa shape index (κ3) is 3.50. The second-order valence-corrected chi connectivity index (χ2v) is 7.46. The largest absolute Gasteiger partial charge is 0.493 e. The summed E-state index contributed by atoms with van der Waals surface area (Å²) in [5, 5.41) is 8.94. The van der Waals surface area contributed by atoms with Gasteiger partial charge in [0.05, 0.1) is 25.7 Å². The molecule has 138 valence electrons. The molecule has 0 atom stereocenters. The van der Waals surface area contributed by atoms with Crippen molar-refractivity contribution in [2.75, 3.05) is 12.0 Å². The van der Waals surface area contributed by atoms with Crippen LogP contribution in [-0.4, -0.2) is 18.2 Å². The van der Waals surface area contributed by atoms with Crippen LogP contribution in [0.3, 0.4) is 0 Å². The first-order valence-corrected chi connectivity index (χ1v) is 9.75. The highest BCUT2D eigenvalue weighted by Gasteiger charge is 2.27. The van der Waals surface area contributed by atoms with Crippen LogP contribution >= 0.6 is 12.2 Å². The van der Waals surface area contributed by atoms with Crippen molar-refractivity contribution >= 4 is 22.9 Å². The van der Waals surface area contributed by atoms with Crippen molar-refractivity contribution in [2.24, 2.45) is 0 Å². The Hall–Kier alpha value is -2.58. The first-order valence-electron chi connectivity index (χ1n) is 9.35. The molecule has 0 aromatic heterocycles. The van der Waals surface area contributed by atoms with E-state index in [1.165, 1.54) is 18.4 Å². The highest BCUT2D eigenvalue weighted by Crippen LogP contribution is 2.37. The molecule has 5 heteroatoms. The fourth-order valence-electron chi connectivity index (χ4n) is 3.87. The molecule has 0 radical (unpaired) electrons. The minimum Gasteiger partial charge on any atom is -0.493 e. The quantitative estimate of drug-likeness (QED) is 0.701. The third-order valence-electron chi connectivity index (χ3n) is 5.32. The van der Waals surface area contributed by atoms with Crippen LogP contribution in [-0.2, 0) is 13.0 Å². The van der Waals surface area contributed by atoms with Gasteiger partial charge in [-0.3, -0.25) is 0 Å². The van der Waals surface area contributed by atoms with Crippen molar-refractivity contribution in [3.05, 3.63) is 53.1 Å². The molecule has 27 heavy (non-hydrogen) atoms. The Morgan fingerprint density at radius 1 is 1.15 bits per heavy atom. The topological polar surface area (TPSA) is 45.5 Å². The maximum Gasteiger partial charge on any atom is 0.163 e. The van der Waals surface area contributed by atoms with E-state index >= 15 is 0 Å². The molecule has 1 fully saturated rings. The molecule has 0 unspecified atom stereocenters. The molecule has 4 nitrogen and oxygen atoms in total. The van der Waals surface area contributed by atoms with Crippen molar-refractivity contribution in [3.63, 3.8) is 0 Å². The summed E-state index contributed by atoms with van der Waals surface area (Å²) >= 11 is 5.74. The van der Waals surface area contributed by atoms with Crippen LogP contribution in [0.2, 0.25) is 0 Å². The molecular weight excluding hydrogens is 356 g/mol. The lowest BCUT2D eigenvalue weighted by Crippen LogP contribution is -2.22. The number of methoxy groups -OCH3 is 1. The molecule has 1 aliphatic carbocycles. The van der Waals surface area contributed by atoms with Crippen LogP contribution < -0.4 is 14.4 Å². The number of thiocarbonyl (C=S) groups is 1. The van der Waals surface area contributed by atoms with Crippen LogP contribution in [0.5, 0.6) is 11.5 Å². The summed E-state index contributed by atoms with van der Waals surface area (Å²) in [6, 6.07) is 14.3. The summed E-state index contributed by atoms with van der Waals surface area (Å²) in [5.41, 5.74) is 4.25. The number of nitrogens with zero attached hydrogens (tertiary/aromatic N) is 2. The zero-order chi connectivity index (χ0) is 18.8. The SMILES string of the molecule is COc1ccc(N2Cc3ccc(CC#N)cc3C2=S)cc1OC1CCCC1. The van der Waals surface area contributed by atoms with Gasteiger partial charge in [0.2, 0.25) is 0 Å². The predicted molar refractivity (Wildman–Crippen MR) is 110 cm³/mol. The minimum absolute atomic E-state index is 0.269. The summed E-state index contributed by atoms with van der Waals surface area (Å²) in [4.78, 5) is 2.92. The summed E-state index contributed by atoms with van der Waals surface area (Å²) in [6.45, 7) is 0.732. The molecule has 0 saturated heterocycles. The van der Waals surface area contributed by atoms with Gasteiger partial charge in [0.25, 0.3) is 0 Å². The van der Waals surface area contributed by atoms with Crippen LogP contribution in [0, 0.1) is 11.3 Å². The Morgan fingerprint density at radius 2 is 1.96 bits per heavy atom. The average Bonchev–Trinajstić information content (AvgIpc) is 3.30. The van der Waals surface area contributed by atoms with E-state index in [9.17, 15) is 0 Å². The highest BCUT2D eigenvalue weighted by molar-refractivity contribution is 7.81. The van der Waals surface area contributed by atoms with Gasteiger partial charge >= 0.3 is 0 Å². The van der Waals surface area contributed by atoms with Crippen molar-refractivity contribution in [1.29, 1.82) is 5.26 Å². The smallest absolute Gasteiger partial charge is 0.163 e. The molecule has 2 aromatic rings. The Morgan fingerprint density at radius 3 is 2.70 bits per heavy atom. The van der Waals surface area contributed by atoms with E-state index in [1.54, 1.807) is 7.11 Å². The van der Waals surface area contributed by atoms with E-state index in [0.717, 1.165) is 52.7 Å². The maximum atomic E-state index is 8.94. The highest BCUT2D eigenvalue weighted by atomic mass is 32.1. The number of fused-ring (bicyclic) bond motifs is 1. The van der Waals surface area contributed by atoms with Gasteiger partial charge in [0, 0.05) is 23.9 Å². The summed E-state index contributed by atoms with van der Waals surface area (Å²) in [6.07, 6.45) is 5.32. The molecular formula is C22H22N2O2S. The third-order valence-corrected chi connectivity index (χ3v) is 5.76. The van der Waals surface area contributed by atoms with Gasteiger partial charge in [0.15, 0.2) is 11.5 Å². The molecule has 1 aliphatic heterocycles. The lowest BCUT2D eigenvalue weighted by atomic mass is 10.1. The average molecular weight is 378 g/mol. The van der Waals surface area contributed by atoms with Crippen LogP contribution in [0.15, 0.2) is 36.4 Å². The molecule has 1 saturated carbocycles. The van der Waals surface area contributed by atoms with Gasteiger partial charge in [-0.2, -0.15) is 5.26 Å². The van der Waals surface area contributed by atoms with Crippen molar-refractivity contribution in [3.8, 4) is 17.6 Å². The van der Waals surface area contributed by atoms with Crippen LogP contribution in [0.25, 0.3) is 0 Å². The lowest BCUT2D eigenvalue weighted by molar-refractivity contribution is 0.201. The molecule has 4 rings (SSSR count). The Bertz CT molecular complexity index is 913. The normalized spacial score (nSPS) is 16.3. The number of benzene rings is 2. The Kier molecular flexibility index (Phi) is 5.00. The van der Waals surface area contributed by atoms with Gasteiger partial charge in [-0.1, -0.05) is 24.4 Å². The van der Waals surface area contributed by atoms with Crippen molar-refractivity contribution in [1.82, 2.24) is 0 Å². The summed E-state index contributed by atoms with van der Waals surface area (Å²) in [5.74, 6) is 1.54. The fourth-order valence-corrected chi connectivity index (χ4v) is 4.23. The second-order valence-electron chi connectivity index (χ2n) is 7.08. The van der Waals surface area contributed by atoms with Gasteiger partial charge in [-0.25, -0.2) is 0 Å². The Labute approximate surface area is 165 Å². The van der Waals surface area contributed by atoms with E-state index < -0.39 is 0 Å². The molecule has 0 N–H and O–H groups in total. The maximum absolute atomic E-state index is 8.94. The number of hydrogen-bond acceptors (Lipinski definition) is 4. The van der Waals surface area contributed by atoms with E-state index in [1.807, 2.05) is 30.3 Å². The molecule has 0 bridgehead atoms. The van der Waals surface area contributed by atoms with E-state index in [2.05, 4.69) is 17.0 Å². The first-order chi connectivity index (χ1) is 13.2. The number of rotatable bonds is 5.